The summed E-state index contributed by atoms with van der Waals surface area (Å²) in [5, 5.41) is 2.72. The Morgan fingerprint density at radius 2 is 2.47 bits per heavy atom. The van der Waals surface area contributed by atoms with E-state index in [2.05, 4.69) is 16.9 Å². The van der Waals surface area contributed by atoms with Gasteiger partial charge in [-0.2, -0.15) is 0 Å². The monoisotopic (exact) mass is 233 g/mol. The lowest BCUT2D eigenvalue weighted by atomic mass is 10.2. The van der Waals surface area contributed by atoms with E-state index in [1.165, 1.54) is 0 Å². The van der Waals surface area contributed by atoms with Gasteiger partial charge >= 0.3 is 6.03 Å². The molecule has 0 saturated carbocycles. The topological polar surface area (TPSA) is 54.5 Å². The fourth-order valence-electron chi connectivity index (χ4n) is 1.54. The van der Waals surface area contributed by atoms with Crippen LogP contribution in [0.4, 0.5) is 4.79 Å². The zero-order chi connectivity index (χ0) is 12.1. The standard InChI is InChI=1S/C12H15N3O2/c1-2-6-14-12(16)15-8-10(9-15)17-11-5-3-4-7-13-11/h2-5,7,10H,1,6,8-9H2,(H,14,16). The van der Waals surface area contributed by atoms with Gasteiger partial charge in [-0.3, -0.25) is 0 Å². The van der Waals surface area contributed by atoms with Gasteiger partial charge in [-0.25, -0.2) is 9.78 Å². The number of hydrogen-bond acceptors (Lipinski definition) is 3. The van der Waals surface area contributed by atoms with Crippen LogP contribution in [0.1, 0.15) is 0 Å². The first kappa shape index (κ1) is 11.4. The van der Waals surface area contributed by atoms with Crippen molar-refractivity contribution in [3.05, 3.63) is 37.1 Å². The summed E-state index contributed by atoms with van der Waals surface area (Å²) in [7, 11) is 0. The molecule has 2 heterocycles. The molecule has 1 saturated heterocycles. The van der Waals surface area contributed by atoms with Crippen LogP contribution in [0.25, 0.3) is 0 Å². The van der Waals surface area contributed by atoms with Crippen LogP contribution in [0.5, 0.6) is 5.88 Å². The fourth-order valence-corrected chi connectivity index (χ4v) is 1.54. The van der Waals surface area contributed by atoms with Crippen molar-refractivity contribution in [2.45, 2.75) is 6.10 Å². The number of ether oxygens (including phenoxy) is 1. The molecule has 1 fully saturated rings. The van der Waals surface area contributed by atoms with Crippen molar-refractivity contribution < 1.29 is 9.53 Å². The summed E-state index contributed by atoms with van der Waals surface area (Å²) in [6.45, 7) is 5.22. The molecule has 0 unspecified atom stereocenters. The van der Waals surface area contributed by atoms with Crippen molar-refractivity contribution in [2.24, 2.45) is 0 Å². The first-order valence-corrected chi connectivity index (χ1v) is 5.51. The highest BCUT2D eigenvalue weighted by molar-refractivity contribution is 5.75. The number of likely N-dealkylation sites (tertiary alicyclic amines) is 1. The summed E-state index contributed by atoms with van der Waals surface area (Å²) in [5.74, 6) is 0.601. The van der Waals surface area contributed by atoms with E-state index in [-0.39, 0.29) is 12.1 Å². The number of aromatic nitrogens is 1. The Balaban J connectivity index is 1.72. The molecule has 90 valence electrons. The van der Waals surface area contributed by atoms with Crippen LogP contribution in [0.2, 0.25) is 0 Å². The van der Waals surface area contributed by atoms with Gasteiger partial charge in [-0.15, -0.1) is 6.58 Å². The van der Waals surface area contributed by atoms with E-state index in [1.54, 1.807) is 23.2 Å². The van der Waals surface area contributed by atoms with E-state index >= 15 is 0 Å². The molecule has 0 atom stereocenters. The first-order valence-electron chi connectivity index (χ1n) is 5.51. The lowest BCUT2D eigenvalue weighted by Gasteiger charge is -2.38. The summed E-state index contributed by atoms with van der Waals surface area (Å²) < 4.78 is 5.58. The van der Waals surface area contributed by atoms with Gasteiger partial charge in [0.1, 0.15) is 6.10 Å². The predicted molar refractivity (Wildman–Crippen MR) is 63.8 cm³/mol. The first-order chi connectivity index (χ1) is 8.29. The Morgan fingerprint density at radius 1 is 1.65 bits per heavy atom. The average molecular weight is 233 g/mol. The van der Waals surface area contributed by atoms with Gasteiger partial charge in [0, 0.05) is 18.8 Å². The maximum absolute atomic E-state index is 11.5. The zero-order valence-electron chi connectivity index (χ0n) is 9.50. The minimum absolute atomic E-state index is 0.0411. The maximum atomic E-state index is 11.5. The van der Waals surface area contributed by atoms with Gasteiger partial charge in [-0.1, -0.05) is 12.1 Å². The second-order valence-electron chi connectivity index (χ2n) is 3.79. The quantitative estimate of drug-likeness (QED) is 0.790. The molecule has 1 aliphatic heterocycles. The fraction of sp³-hybridized carbons (Fsp3) is 0.333. The highest BCUT2D eigenvalue weighted by Crippen LogP contribution is 2.15. The molecule has 0 bridgehead atoms. The number of urea groups is 1. The third-order valence-corrected chi connectivity index (χ3v) is 2.46. The van der Waals surface area contributed by atoms with Crippen LogP contribution in [0, 0.1) is 0 Å². The minimum atomic E-state index is -0.0780. The highest BCUT2D eigenvalue weighted by atomic mass is 16.5. The van der Waals surface area contributed by atoms with Crippen LogP contribution in [-0.2, 0) is 0 Å². The minimum Gasteiger partial charge on any atom is -0.471 e. The molecule has 0 spiro atoms. The van der Waals surface area contributed by atoms with Crippen molar-refractivity contribution in [3.63, 3.8) is 0 Å². The van der Waals surface area contributed by atoms with E-state index in [4.69, 9.17) is 4.74 Å². The summed E-state index contributed by atoms with van der Waals surface area (Å²) in [6, 6.07) is 5.43. The summed E-state index contributed by atoms with van der Waals surface area (Å²) in [5.41, 5.74) is 0. The number of rotatable bonds is 4. The van der Waals surface area contributed by atoms with E-state index < -0.39 is 0 Å². The van der Waals surface area contributed by atoms with E-state index in [0.29, 0.717) is 25.5 Å². The molecule has 2 rings (SSSR count). The second kappa shape index (κ2) is 5.34. The molecule has 0 radical (unpaired) electrons. The lowest BCUT2D eigenvalue weighted by Crippen LogP contribution is -2.58. The van der Waals surface area contributed by atoms with Gasteiger partial charge in [0.15, 0.2) is 0 Å². The van der Waals surface area contributed by atoms with Crippen molar-refractivity contribution >= 4 is 6.03 Å². The molecule has 1 aromatic heterocycles. The zero-order valence-corrected chi connectivity index (χ0v) is 9.50. The van der Waals surface area contributed by atoms with Crippen LogP contribution in [-0.4, -0.2) is 41.7 Å². The van der Waals surface area contributed by atoms with Crippen molar-refractivity contribution in [3.8, 4) is 5.88 Å². The molecule has 0 aromatic carbocycles. The Labute approximate surface area is 100 Å². The van der Waals surface area contributed by atoms with Crippen LogP contribution in [0.15, 0.2) is 37.1 Å². The Kier molecular flexibility index (Phi) is 3.59. The van der Waals surface area contributed by atoms with E-state index in [0.717, 1.165) is 0 Å². The molecule has 5 nitrogen and oxygen atoms in total. The molecular formula is C12H15N3O2. The normalized spacial score (nSPS) is 14.9. The molecule has 1 aromatic rings. The average Bonchev–Trinajstić information content (AvgIpc) is 2.31. The van der Waals surface area contributed by atoms with Crippen LogP contribution >= 0.6 is 0 Å². The van der Waals surface area contributed by atoms with Crippen molar-refractivity contribution in [1.82, 2.24) is 15.2 Å². The maximum Gasteiger partial charge on any atom is 0.317 e. The second-order valence-corrected chi connectivity index (χ2v) is 3.79. The number of hydrogen-bond donors (Lipinski definition) is 1. The molecule has 0 aliphatic carbocycles. The largest absolute Gasteiger partial charge is 0.471 e. The van der Waals surface area contributed by atoms with Gasteiger partial charge < -0.3 is 15.0 Å². The molecule has 17 heavy (non-hydrogen) atoms. The molecule has 2 amide bonds. The van der Waals surface area contributed by atoms with Gasteiger partial charge in [0.25, 0.3) is 0 Å². The van der Waals surface area contributed by atoms with Crippen molar-refractivity contribution in [2.75, 3.05) is 19.6 Å². The Morgan fingerprint density at radius 3 is 3.12 bits per heavy atom. The smallest absolute Gasteiger partial charge is 0.317 e. The highest BCUT2D eigenvalue weighted by Gasteiger charge is 2.32. The third-order valence-electron chi connectivity index (χ3n) is 2.46. The number of carbonyl (C=O) groups is 1. The lowest BCUT2D eigenvalue weighted by molar-refractivity contribution is 0.0417. The summed E-state index contributed by atoms with van der Waals surface area (Å²) >= 11 is 0. The summed E-state index contributed by atoms with van der Waals surface area (Å²) in [6.07, 6.45) is 3.38. The molecule has 5 heteroatoms. The third kappa shape index (κ3) is 2.96. The van der Waals surface area contributed by atoms with Crippen LogP contribution in [0.3, 0.4) is 0 Å². The Hall–Kier alpha value is -2.04. The SMILES string of the molecule is C=CCNC(=O)N1CC(Oc2ccccn2)C1. The van der Waals surface area contributed by atoms with Gasteiger partial charge in [-0.05, 0) is 6.07 Å². The Bertz CT molecular complexity index is 388. The summed E-state index contributed by atoms with van der Waals surface area (Å²) in [4.78, 5) is 17.2. The number of carbonyl (C=O) groups excluding carboxylic acids is 1. The number of nitrogens with one attached hydrogen (secondary N) is 1. The predicted octanol–water partition coefficient (Wildman–Crippen LogP) is 1.04. The van der Waals surface area contributed by atoms with E-state index in [1.807, 2.05) is 12.1 Å². The number of nitrogens with zero attached hydrogens (tertiary/aromatic N) is 2. The van der Waals surface area contributed by atoms with Gasteiger partial charge in [0.2, 0.25) is 5.88 Å². The number of amides is 2. The molecular weight excluding hydrogens is 218 g/mol. The molecule has 1 N–H and O–H groups in total. The number of pyridine rings is 1. The molecule has 1 aliphatic rings. The van der Waals surface area contributed by atoms with Crippen LogP contribution < -0.4 is 10.1 Å². The van der Waals surface area contributed by atoms with E-state index in [9.17, 15) is 4.79 Å². The van der Waals surface area contributed by atoms with Gasteiger partial charge in [0.05, 0.1) is 13.1 Å². The van der Waals surface area contributed by atoms with Crippen molar-refractivity contribution in [1.29, 1.82) is 0 Å².